The normalized spacial score (nSPS) is 22.8. The van der Waals surface area contributed by atoms with Crippen molar-refractivity contribution in [1.29, 1.82) is 0 Å². The van der Waals surface area contributed by atoms with Crippen LogP contribution in [0.5, 0.6) is 5.75 Å². The van der Waals surface area contributed by atoms with Crippen molar-refractivity contribution in [2.24, 2.45) is 0 Å². The molecule has 4 heteroatoms. The van der Waals surface area contributed by atoms with Crippen molar-refractivity contribution in [2.75, 3.05) is 11.9 Å². The van der Waals surface area contributed by atoms with Crippen LogP contribution in [0.15, 0.2) is 24.3 Å². The molecule has 3 rings (SSSR count). The van der Waals surface area contributed by atoms with E-state index in [0.717, 1.165) is 24.3 Å². The van der Waals surface area contributed by atoms with E-state index in [2.05, 4.69) is 10.6 Å². The Hall–Kier alpha value is -1.71. The molecule has 0 aromatic heterocycles. The zero-order valence-electron chi connectivity index (χ0n) is 10.3. The smallest absolute Gasteiger partial charge is 0.263 e. The number of fused-ring (bicyclic) bond motifs is 1. The number of carbonyl (C=O) groups excluding carboxylic acids is 1. The number of hydrogen-bond acceptors (Lipinski definition) is 3. The molecule has 1 unspecified atom stereocenters. The maximum atomic E-state index is 12.1. The van der Waals surface area contributed by atoms with Gasteiger partial charge in [-0.3, -0.25) is 4.79 Å². The number of rotatable bonds is 2. The van der Waals surface area contributed by atoms with Crippen molar-refractivity contribution < 1.29 is 9.53 Å². The number of ether oxygens (including phenoxy) is 1. The van der Waals surface area contributed by atoms with Crippen LogP contribution in [0.3, 0.4) is 0 Å². The molecule has 1 aliphatic heterocycles. The van der Waals surface area contributed by atoms with Crippen LogP contribution in [0.25, 0.3) is 0 Å². The van der Waals surface area contributed by atoms with Gasteiger partial charge in [-0.2, -0.15) is 0 Å². The van der Waals surface area contributed by atoms with Gasteiger partial charge < -0.3 is 15.4 Å². The fraction of sp³-hybridized carbons (Fsp3) is 0.500. The molecule has 1 atom stereocenters. The molecular weight excluding hydrogens is 228 g/mol. The third-order valence-corrected chi connectivity index (χ3v) is 3.63. The number of para-hydroxylation sites is 2. The maximum absolute atomic E-state index is 12.1. The van der Waals surface area contributed by atoms with Crippen molar-refractivity contribution in [2.45, 2.75) is 37.8 Å². The second-order valence-electron chi connectivity index (χ2n) is 4.97. The van der Waals surface area contributed by atoms with Crippen LogP contribution in [0.4, 0.5) is 5.69 Å². The third kappa shape index (κ3) is 2.28. The highest BCUT2D eigenvalue weighted by Gasteiger charge is 2.28. The summed E-state index contributed by atoms with van der Waals surface area (Å²) in [5.74, 6) is 0.763. The number of amides is 1. The molecule has 1 amide bonds. The topological polar surface area (TPSA) is 50.4 Å². The van der Waals surface area contributed by atoms with E-state index >= 15 is 0 Å². The first-order valence-electron chi connectivity index (χ1n) is 6.63. The van der Waals surface area contributed by atoms with Crippen molar-refractivity contribution in [3.8, 4) is 5.75 Å². The summed E-state index contributed by atoms with van der Waals surface area (Å²) >= 11 is 0. The molecule has 0 bridgehead atoms. The first-order chi connectivity index (χ1) is 8.83. The lowest BCUT2D eigenvalue weighted by atomic mass is 10.2. The Labute approximate surface area is 107 Å². The van der Waals surface area contributed by atoms with Gasteiger partial charge in [-0.15, -0.1) is 0 Å². The summed E-state index contributed by atoms with van der Waals surface area (Å²) in [7, 11) is 0. The van der Waals surface area contributed by atoms with Crippen LogP contribution in [0, 0.1) is 0 Å². The molecule has 4 nitrogen and oxygen atoms in total. The van der Waals surface area contributed by atoms with Gasteiger partial charge in [0, 0.05) is 6.04 Å². The van der Waals surface area contributed by atoms with E-state index in [0.29, 0.717) is 12.6 Å². The molecule has 2 aliphatic rings. The van der Waals surface area contributed by atoms with Crippen molar-refractivity contribution in [3.63, 3.8) is 0 Å². The summed E-state index contributed by atoms with van der Waals surface area (Å²) in [4.78, 5) is 12.1. The van der Waals surface area contributed by atoms with Gasteiger partial charge in [0.25, 0.3) is 5.91 Å². The van der Waals surface area contributed by atoms with E-state index in [1.807, 2.05) is 24.3 Å². The van der Waals surface area contributed by atoms with Gasteiger partial charge in [0.15, 0.2) is 6.10 Å². The van der Waals surface area contributed by atoms with Crippen molar-refractivity contribution >= 4 is 11.6 Å². The molecule has 1 aromatic carbocycles. The van der Waals surface area contributed by atoms with Crippen LogP contribution in [-0.4, -0.2) is 24.6 Å². The fourth-order valence-electron chi connectivity index (χ4n) is 2.62. The van der Waals surface area contributed by atoms with Gasteiger partial charge in [-0.05, 0) is 25.0 Å². The Balaban J connectivity index is 1.62. The largest absolute Gasteiger partial charge is 0.477 e. The Morgan fingerprint density at radius 3 is 2.89 bits per heavy atom. The van der Waals surface area contributed by atoms with E-state index in [1.165, 1.54) is 12.8 Å². The maximum Gasteiger partial charge on any atom is 0.263 e. The minimum absolute atomic E-state index is 0.00361. The van der Waals surface area contributed by atoms with Gasteiger partial charge in [-0.25, -0.2) is 0 Å². The molecule has 1 aromatic rings. The molecule has 2 N–H and O–H groups in total. The van der Waals surface area contributed by atoms with Crippen LogP contribution in [0.2, 0.25) is 0 Å². The van der Waals surface area contributed by atoms with Gasteiger partial charge in [0.2, 0.25) is 0 Å². The van der Waals surface area contributed by atoms with Crippen LogP contribution >= 0.6 is 0 Å². The zero-order chi connectivity index (χ0) is 12.4. The number of carbonyl (C=O) groups is 1. The Kier molecular flexibility index (Phi) is 3.09. The van der Waals surface area contributed by atoms with E-state index in [1.54, 1.807) is 0 Å². The molecule has 0 spiro atoms. The van der Waals surface area contributed by atoms with Gasteiger partial charge in [0.05, 0.1) is 12.2 Å². The van der Waals surface area contributed by atoms with E-state index in [4.69, 9.17) is 4.74 Å². The molecule has 1 saturated carbocycles. The highest BCUT2D eigenvalue weighted by Crippen LogP contribution is 2.28. The van der Waals surface area contributed by atoms with Gasteiger partial charge in [0.1, 0.15) is 5.75 Å². The molecule has 96 valence electrons. The van der Waals surface area contributed by atoms with Crippen LogP contribution < -0.4 is 15.4 Å². The summed E-state index contributed by atoms with van der Waals surface area (Å²) < 4.78 is 5.73. The van der Waals surface area contributed by atoms with Gasteiger partial charge in [-0.1, -0.05) is 25.0 Å². The Morgan fingerprint density at radius 2 is 2.06 bits per heavy atom. The average Bonchev–Trinajstić information content (AvgIpc) is 2.91. The molecule has 0 radical (unpaired) electrons. The SMILES string of the molecule is O=C(NC1CCCC1)C1CNc2ccccc2O1. The second-order valence-corrected chi connectivity index (χ2v) is 4.97. The number of hydrogen-bond donors (Lipinski definition) is 2. The predicted octanol–water partition coefficient (Wildman–Crippen LogP) is 1.92. The lowest BCUT2D eigenvalue weighted by molar-refractivity contribution is -0.128. The Bertz CT molecular complexity index is 441. The van der Waals surface area contributed by atoms with Crippen LogP contribution in [0.1, 0.15) is 25.7 Å². The van der Waals surface area contributed by atoms with E-state index < -0.39 is 6.10 Å². The summed E-state index contributed by atoms with van der Waals surface area (Å²) in [5, 5.41) is 6.31. The molecule has 0 saturated heterocycles. The van der Waals surface area contributed by atoms with E-state index in [-0.39, 0.29) is 5.91 Å². The molecule has 1 aliphatic carbocycles. The van der Waals surface area contributed by atoms with Crippen LogP contribution in [-0.2, 0) is 4.79 Å². The molecular formula is C14H18N2O2. The average molecular weight is 246 g/mol. The summed E-state index contributed by atoms with van der Waals surface area (Å²) in [6, 6.07) is 8.06. The number of benzene rings is 1. The number of anilines is 1. The minimum atomic E-state index is -0.416. The first-order valence-corrected chi connectivity index (χ1v) is 6.63. The lowest BCUT2D eigenvalue weighted by Gasteiger charge is -2.27. The molecule has 18 heavy (non-hydrogen) atoms. The second kappa shape index (κ2) is 4.88. The monoisotopic (exact) mass is 246 g/mol. The molecule has 1 heterocycles. The lowest BCUT2D eigenvalue weighted by Crippen LogP contribution is -2.47. The van der Waals surface area contributed by atoms with Crippen molar-refractivity contribution in [3.05, 3.63) is 24.3 Å². The predicted molar refractivity (Wildman–Crippen MR) is 69.7 cm³/mol. The first kappa shape index (κ1) is 11.4. The summed E-state index contributed by atoms with van der Waals surface area (Å²) in [5.41, 5.74) is 0.961. The zero-order valence-corrected chi connectivity index (χ0v) is 10.3. The fourth-order valence-corrected chi connectivity index (χ4v) is 2.62. The van der Waals surface area contributed by atoms with E-state index in [9.17, 15) is 4.79 Å². The molecule has 1 fully saturated rings. The van der Waals surface area contributed by atoms with Gasteiger partial charge >= 0.3 is 0 Å². The standard InChI is InChI=1S/C14H18N2O2/c17-14(16-10-5-1-2-6-10)13-9-15-11-7-3-4-8-12(11)18-13/h3-4,7-8,10,13,15H,1-2,5-6,9H2,(H,16,17). The Morgan fingerprint density at radius 1 is 1.28 bits per heavy atom. The highest BCUT2D eigenvalue weighted by molar-refractivity contribution is 5.83. The summed E-state index contributed by atoms with van der Waals surface area (Å²) in [6.45, 7) is 0.537. The van der Waals surface area contributed by atoms with Crippen molar-refractivity contribution in [1.82, 2.24) is 5.32 Å². The quantitative estimate of drug-likeness (QED) is 0.838. The number of nitrogens with one attached hydrogen (secondary N) is 2. The highest BCUT2D eigenvalue weighted by atomic mass is 16.5. The minimum Gasteiger partial charge on any atom is -0.477 e. The third-order valence-electron chi connectivity index (χ3n) is 3.63. The summed E-state index contributed by atoms with van der Waals surface area (Å²) in [6.07, 6.45) is 4.22.